The van der Waals surface area contributed by atoms with Gasteiger partial charge in [0.05, 0.1) is 0 Å². The van der Waals surface area contributed by atoms with E-state index in [-0.39, 0.29) is 11.4 Å². The molecule has 108 valence electrons. The Morgan fingerprint density at radius 3 is 2.40 bits per heavy atom. The largest absolute Gasteiger partial charge is 0.359 e. The third-order valence-corrected chi connectivity index (χ3v) is 2.55. The molecule has 0 bridgehead atoms. The molecule has 1 aromatic rings. The fourth-order valence-electron chi connectivity index (χ4n) is 1.46. The lowest BCUT2D eigenvalue weighted by Crippen LogP contribution is -2.40. The molecule has 1 aromatic carbocycles. The number of benzene rings is 1. The molecule has 0 aliphatic carbocycles. The van der Waals surface area contributed by atoms with Crippen LogP contribution < -0.4 is 16.0 Å². The van der Waals surface area contributed by atoms with Crippen molar-refractivity contribution < 1.29 is 4.79 Å². The number of amides is 1. The summed E-state index contributed by atoms with van der Waals surface area (Å²) in [5.74, 6) is -0.0867. The summed E-state index contributed by atoms with van der Waals surface area (Å²) in [6.07, 6.45) is 1.73. The molecule has 0 aliphatic rings. The first-order chi connectivity index (χ1) is 9.31. The molecular formula is C15H21N3OS. The molecule has 0 atom stereocenters. The predicted octanol–water partition coefficient (Wildman–Crippen LogP) is 2.69. The minimum atomic E-state index is -0.246. The smallest absolute Gasteiger partial charge is 0.251 e. The van der Waals surface area contributed by atoms with Crippen LogP contribution in [0.2, 0.25) is 0 Å². The van der Waals surface area contributed by atoms with E-state index in [9.17, 15) is 4.79 Å². The van der Waals surface area contributed by atoms with Gasteiger partial charge in [0.1, 0.15) is 0 Å². The van der Waals surface area contributed by atoms with Crippen molar-refractivity contribution in [2.24, 2.45) is 0 Å². The highest BCUT2D eigenvalue weighted by atomic mass is 32.1. The van der Waals surface area contributed by atoms with Crippen molar-refractivity contribution in [3.63, 3.8) is 0 Å². The molecule has 0 saturated heterocycles. The molecule has 4 nitrogen and oxygen atoms in total. The number of nitrogens with one attached hydrogen (secondary N) is 3. The van der Waals surface area contributed by atoms with E-state index in [2.05, 4.69) is 22.5 Å². The van der Waals surface area contributed by atoms with Gasteiger partial charge in [-0.05, 0) is 57.3 Å². The van der Waals surface area contributed by atoms with Gasteiger partial charge in [-0.1, -0.05) is 6.08 Å². The van der Waals surface area contributed by atoms with Crippen LogP contribution in [-0.4, -0.2) is 23.1 Å². The van der Waals surface area contributed by atoms with Gasteiger partial charge in [-0.25, -0.2) is 0 Å². The standard InChI is InChI=1S/C15H21N3OS/c1-5-10-16-14(20)17-12-8-6-11(7-9-12)13(19)18-15(2,3)4/h5-9H,1,10H2,2-4H3,(H,18,19)(H2,16,17,20). The maximum absolute atomic E-state index is 12.0. The Labute approximate surface area is 125 Å². The third-order valence-electron chi connectivity index (χ3n) is 2.30. The van der Waals surface area contributed by atoms with E-state index in [0.29, 0.717) is 17.2 Å². The molecule has 0 aliphatic heterocycles. The topological polar surface area (TPSA) is 53.2 Å². The Morgan fingerprint density at radius 1 is 1.30 bits per heavy atom. The van der Waals surface area contributed by atoms with Gasteiger partial charge >= 0.3 is 0 Å². The molecule has 3 N–H and O–H groups in total. The van der Waals surface area contributed by atoms with Gasteiger partial charge in [0, 0.05) is 23.3 Å². The maximum atomic E-state index is 12.0. The monoisotopic (exact) mass is 291 g/mol. The summed E-state index contributed by atoms with van der Waals surface area (Å²) in [6, 6.07) is 7.16. The summed E-state index contributed by atoms with van der Waals surface area (Å²) in [7, 11) is 0. The number of hydrogen-bond acceptors (Lipinski definition) is 2. The van der Waals surface area contributed by atoms with Gasteiger partial charge in [0.15, 0.2) is 5.11 Å². The Balaban J connectivity index is 2.62. The van der Waals surface area contributed by atoms with E-state index >= 15 is 0 Å². The van der Waals surface area contributed by atoms with Gasteiger partial charge in [0.2, 0.25) is 0 Å². The van der Waals surface area contributed by atoms with Crippen LogP contribution in [0.1, 0.15) is 31.1 Å². The summed E-state index contributed by atoms with van der Waals surface area (Å²) >= 11 is 5.11. The third kappa shape index (κ3) is 5.84. The van der Waals surface area contributed by atoms with Gasteiger partial charge in [-0.15, -0.1) is 6.58 Å². The highest BCUT2D eigenvalue weighted by Gasteiger charge is 2.14. The minimum absolute atomic E-state index is 0.0867. The highest BCUT2D eigenvalue weighted by molar-refractivity contribution is 7.80. The van der Waals surface area contributed by atoms with Crippen LogP contribution in [0.5, 0.6) is 0 Å². The summed E-state index contributed by atoms with van der Waals surface area (Å²) < 4.78 is 0. The highest BCUT2D eigenvalue weighted by Crippen LogP contribution is 2.11. The Morgan fingerprint density at radius 2 is 1.90 bits per heavy atom. The second-order valence-corrected chi connectivity index (χ2v) is 5.81. The van der Waals surface area contributed by atoms with E-state index < -0.39 is 0 Å². The van der Waals surface area contributed by atoms with Crippen LogP contribution in [0.15, 0.2) is 36.9 Å². The van der Waals surface area contributed by atoms with Crippen molar-refractivity contribution in [3.8, 4) is 0 Å². The molecule has 0 aromatic heterocycles. The van der Waals surface area contributed by atoms with Crippen molar-refractivity contribution in [3.05, 3.63) is 42.5 Å². The van der Waals surface area contributed by atoms with Gasteiger partial charge in [0.25, 0.3) is 5.91 Å². The number of anilines is 1. The van der Waals surface area contributed by atoms with Gasteiger partial charge in [-0.2, -0.15) is 0 Å². The first-order valence-electron chi connectivity index (χ1n) is 6.40. The molecule has 20 heavy (non-hydrogen) atoms. The van der Waals surface area contributed by atoms with Crippen molar-refractivity contribution >= 4 is 28.9 Å². The normalized spacial score (nSPS) is 10.6. The molecule has 0 unspecified atom stereocenters. The summed E-state index contributed by atoms with van der Waals surface area (Å²) in [6.45, 7) is 10.1. The molecule has 0 saturated carbocycles. The van der Waals surface area contributed by atoms with E-state index in [4.69, 9.17) is 12.2 Å². The lowest BCUT2D eigenvalue weighted by molar-refractivity contribution is 0.0919. The van der Waals surface area contributed by atoms with Crippen LogP contribution in [-0.2, 0) is 0 Å². The first kappa shape index (κ1) is 16.2. The van der Waals surface area contributed by atoms with Crippen LogP contribution >= 0.6 is 12.2 Å². The van der Waals surface area contributed by atoms with E-state index in [0.717, 1.165) is 5.69 Å². The number of carbonyl (C=O) groups is 1. The molecule has 1 amide bonds. The van der Waals surface area contributed by atoms with Crippen molar-refractivity contribution in [2.75, 3.05) is 11.9 Å². The number of rotatable bonds is 4. The average molecular weight is 291 g/mol. The zero-order chi connectivity index (χ0) is 15.2. The maximum Gasteiger partial charge on any atom is 0.251 e. The number of thiocarbonyl (C=S) groups is 1. The van der Waals surface area contributed by atoms with Crippen LogP contribution in [0.3, 0.4) is 0 Å². The molecule has 0 heterocycles. The summed E-state index contributed by atoms with van der Waals surface area (Å²) in [5.41, 5.74) is 1.21. The molecule has 5 heteroatoms. The molecule has 1 rings (SSSR count). The van der Waals surface area contributed by atoms with Gasteiger partial charge < -0.3 is 16.0 Å². The molecule has 0 radical (unpaired) electrons. The van der Waals surface area contributed by atoms with Crippen LogP contribution in [0.4, 0.5) is 5.69 Å². The summed E-state index contributed by atoms with van der Waals surface area (Å²) in [5, 5.41) is 9.44. The predicted molar refractivity (Wildman–Crippen MR) is 88.1 cm³/mol. The fraction of sp³-hybridized carbons (Fsp3) is 0.333. The average Bonchev–Trinajstić information content (AvgIpc) is 2.35. The quantitative estimate of drug-likeness (QED) is 0.590. The van der Waals surface area contributed by atoms with Crippen LogP contribution in [0, 0.1) is 0 Å². The lowest BCUT2D eigenvalue weighted by Gasteiger charge is -2.20. The number of carbonyl (C=O) groups excluding carboxylic acids is 1. The van der Waals surface area contributed by atoms with Crippen molar-refractivity contribution in [1.29, 1.82) is 0 Å². The Bertz CT molecular complexity index is 489. The van der Waals surface area contributed by atoms with Crippen molar-refractivity contribution in [2.45, 2.75) is 26.3 Å². The van der Waals surface area contributed by atoms with Crippen LogP contribution in [0.25, 0.3) is 0 Å². The molecular weight excluding hydrogens is 270 g/mol. The second-order valence-electron chi connectivity index (χ2n) is 5.41. The van der Waals surface area contributed by atoms with Gasteiger partial charge in [-0.3, -0.25) is 4.79 Å². The first-order valence-corrected chi connectivity index (χ1v) is 6.81. The lowest BCUT2D eigenvalue weighted by atomic mass is 10.1. The van der Waals surface area contributed by atoms with E-state index in [1.807, 2.05) is 32.9 Å². The van der Waals surface area contributed by atoms with E-state index in [1.165, 1.54) is 0 Å². The zero-order valence-corrected chi connectivity index (χ0v) is 12.9. The molecule has 0 fully saturated rings. The Kier molecular flexibility index (Phi) is 5.70. The minimum Gasteiger partial charge on any atom is -0.359 e. The molecule has 0 spiro atoms. The number of hydrogen-bond donors (Lipinski definition) is 3. The SMILES string of the molecule is C=CCNC(=S)Nc1ccc(C(=O)NC(C)(C)C)cc1. The summed E-state index contributed by atoms with van der Waals surface area (Å²) in [4.78, 5) is 12.0. The fourth-order valence-corrected chi connectivity index (χ4v) is 1.66. The van der Waals surface area contributed by atoms with Crippen molar-refractivity contribution in [1.82, 2.24) is 10.6 Å². The van der Waals surface area contributed by atoms with E-state index in [1.54, 1.807) is 18.2 Å². The zero-order valence-electron chi connectivity index (χ0n) is 12.1. The Hall–Kier alpha value is -1.88. The second kappa shape index (κ2) is 7.05.